The molecular weight excluding hydrogens is 940 g/mol. The van der Waals surface area contributed by atoms with Crippen molar-refractivity contribution in [1.82, 2.24) is 40.1 Å². The normalized spacial score (nSPS) is 18.7. The van der Waals surface area contributed by atoms with Crippen LogP contribution in [-0.2, 0) is 19.7 Å². The van der Waals surface area contributed by atoms with E-state index in [1.54, 1.807) is 24.6 Å². The second kappa shape index (κ2) is 21.1. The van der Waals surface area contributed by atoms with Crippen LogP contribution in [-0.4, -0.2) is 110 Å². The number of halogens is 1. The van der Waals surface area contributed by atoms with Gasteiger partial charge in [-0.2, -0.15) is 4.98 Å². The molecule has 4 atom stereocenters. The van der Waals surface area contributed by atoms with Crippen LogP contribution in [0, 0.1) is 12.8 Å². The number of piperidine rings is 1. The van der Waals surface area contributed by atoms with Gasteiger partial charge in [0.2, 0.25) is 11.8 Å². The Labute approximate surface area is 422 Å². The van der Waals surface area contributed by atoms with E-state index in [0.717, 1.165) is 83.9 Å². The van der Waals surface area contributed by atoms with Crippen LogP contribution in [0.5, 0.6) is 0 Å². The van der Waals surface area contributed by atoms with Crippen LogP contribution in [0.1, 0.15) is 129 Å². The number of likely N-dealkylation sites (tertiary alicyclic amines) is 2. The number of β-amino-alcohol motifs (C(OH)–C–C–N with tert-alkyl or cyclic N) is 1. The maximum atomic E-state index is 13.8. The molecule has 0 radical (unpaired) electrons. The third-order valence-electron chi connectivity index (χ3n) is 14.5. The maximum Gasteiger partial charge on any atom is 0.282 e. The van der Waals surface area contributed by atoms with Crippen molar-refractivity contribution in [2.75, 3.05) is 45.9 Å². The number of carbonyl (C=O) groups is 3. The minimum Gasteiger partial charge on any atom is -0.391 e. The summed E-state index contributed by atoms with van der Waals surface area (Å²) >= 11 is 7.90. The van der Waals surface area contributed by atoms with Crippen LogP contribution in [0.2, 0.25) is 5.02 Å². The van der Waals surface area contributed by atoms with Gasteiger partial charge in [0, 0.05) is 38.7 Å². The van der Waals surface area contributed by atoms with E-state index in [2.05, 4.69) is 67.3 Å². The molecule has 1 unspecified atom stereocenters. The topological polar surface area (TPSA) is 185 Å². The summed E-state index contributed by atoms with van der Waals surface area (Å²) < 4.78 is 13.6. The Kier molecular flexibility index (Phi) is 14.9. The highest BCUT2D eigenvalue weighted by Crippen LogP contribution is 2.45. The molecule has 3 aromatic heterocycles. The van der Waals surface area contributed by atoms with E-state index in [0.29, 0.717) is 53.2 Å². The summed E-state index contributed by atoms with van der Waals surface area (Å²) in [6, 6.07) is 20.5. The predicted molar refractivity (Wildman–Crippen MR) is 274 cm³/mol. The number of aliphatic hydroxyl groups is 1. The minimum absolute atomic E-state index is 0.0627. The van der Waals surface area contributed by atoms with Crippen LogP contribution < -0.4 is 16.2 Å². The Hall–Kier alpha value is -5.78. The third kappa shape index (κ3) is 10.3. The summed E-state index contributed by atoms with van der Waals surface area (Å²) in [4.78, 5) is 67.4. The van der Waals surface area contributed by atoms with Crippen molar-refractivity contribution < 1.29 is 28.8 Å². The number of thiazole rings is 1. The minimum atomic E-state index is -0.828. The fourth-order valence-electron chi connectivity index (χ4n) is 10.6. The van der Waals surface area contributed by atoms with Crippen LogP contribution >= 0.6 is 22.9 Å². The van der Waals surface area contributed by atoms with Gasteiger partial charge in [-0.15, -0.1) is 11.3 Å². The van der Waals surface area contributed by atoms with Crippen molar-refractivity contribution in [3.8, 4) is 16.1 Å². The molecule has 9 rings (SSSR count). The first-order chi connectivity index (χ1) is 34.1. The van der Waals surface area contributed by atoms with E-state index in [4.69, 9.17) is 20.9 Å². The van der Waals surface area contributed by atoms with Gasteiger partial charge in [-0.1, -0.05) is 73.1 Å². The summed E-state index contributed by atoms with van der Waals surface area (Å²) in [5, 5.41) is 21.5. The monoisotopic (exact) mass is 1000 g/mol. The number of fused-ring (bicyclic) bond motifs is 5. The van der Waals surface area contributed by atoms with E-state index in [1.807, 2.05) is 57.2 Å². The van der Waals surface area contributed by atoms with Crippen molar-refractivity contribution in [1.29, 1.82) is 0 Å². The van der Waals surface area contributed by atoms with Crippen LogP contribution in [0.15, 0.2) is 81.6 Å². The quantitative estimate of drug-likeness (QED) is 0.0751. The Morgan fingerprint density at radius 3 is 2.52 bits per heavy atom. The lowest BCUT2D eigenvalue weighted by Crippen LogP contribution is -2.48. The van der Waals surface area contributed by atoms with E-state index in [1.165, 1.54) is 21.8 Å². The summed E-state index contributed by atoms with van der Waals surface area (Å²) in [5.41, 5.74) is 8.03. The zero-order valence-electron chi connectivity index (χ0n) is 41.2. The van der Waals surface area contributed by atoms with E-state index < -0.39 is 23.5 Å². The van der Waals surface area contributed by atoms with Crippen molar-refractivity contribution >= 4 is 51.6 Å². The third-order valence-corrected chi connectivity index (χ3v) is 15.7. The summed E-state index contributed by atoms with van der Waals surface area (Å²) in [7, 11) is 0. The largest absolute Gasteiger partial charge is 0.391 e. The molecular formula is C54H63ClN8O7S. The standard InChI is InChI=1S/C54H63ClN8O7S/c1-31(2)45(44-26-32(3)60-70-44)52(68)62-29-38(64)28-43(62)49(65)58-33(4)34-12-14-36(15-13-34)48-47(57-30-71-48)51(67)56-20-7-8-24-69-25-23-61-21-18-35(19-22-61)37-16-17-39-42(27-37)63-41-11-9-10-40(55)46(41)50(66)59-53(63)54(39,5)6/h9-17,26-27,30-31,33,35,38,43,45,64H,7-8,18-25,28-29H2,1-6H3,(H,56,67)(H,58,65)/t33-,38+,43-,45?/m0/s1. The number of aromatic nitrogens is 4. The Bertz CT molecular complexity index is 2980. The molecule has 3 aliphatic heterocycles. The Morgan fingerprint density at radius 1 is 1.01 bits per heavy atom. The second-order valence-corrected chi connectivity index (χ2v) is 21.4. The SMILES string of the molecule is Cc1cc(C(C(=O)N2C[C@H](O)C[C@H]2C(=O)N[C@@H](C)c2ccc(-c3scnc3C(=O)NCCCCOCCN3CCC(c4ccc5c(c4)-n4c(nc(=O)c6c(Cl)cccc64)C5(C)C)CC3)cc2)C(C)C)on1. The highest BCUT2D eigenvalue weighted by atomic mass is 35.5. The summed E-state index contributed by atoms with van der Waals surface area (Å²) in [6.45, 7) is 16.5. The van der Waals surface area contributed by atoms with Crippen molar-refractivity contribution in [2.24, 2.45) is 5.92 Å². The lowest BCUT2D eigenvalue weighted by molar-refractivity contribution is -0.141. The molecule has 2 fully saturated rings. The molecule has 6 aromatic rings. The molecule has 71 heavy (non-hydrogen) atoms. The summed E-state index contributed by atoms with van der Waals surface area (Å²) in [5.74, 6) is 0.0440. The van der Waals surface area contributed by atoms with Gasteiger partial charge in [-0.05, 0) is 119 Å². The molecule has 0 spiro atoms. The molecule has 3 aromatic carbocycles. The van der Waals surface area contributed by atoms with Gasteiger partial charge in [-0.3, -0.25) is 23.7 Å². The molecule has 3 N–H and O–H groups in total. The molecule has 3 aliphatic rings. The lowest BCUT2D eigenvalue weighted by Gasteiger charge is -2.32. The predicted octanol–water partition coefficient (Wildman–Crippen LogP) is 8.08. The molecule has 17 heteroatoms. The van der Waals surface area contributed by atoms with Crippen molar-refractivity contribution in [3.05, 3.63) is 127 Å². The van der Waals surface area contributed by atoms with Gasteiger partial charge in [0.05, 0.1) is 61.9 Å². The number of hydrogen-bond donors (Lipinski definition) is 3. The number of carbonyl (C=O) groups excluding carboxylic acids is 3. The average Bonchev–Trinajstić information content (AvgIpc) is 4.15. The number of unbranched alkanes of at least 4 members (excludes halogenated alkanes) is 1. The average molecular weight is 1000 g/mol. The van der Waals surface area contributed by atoms with Gasteiger partial charge in [0.15, 0.2) is 0 Å². The van der Waals surface area contributed by atoms with Crippen LogP contribution in [0.3, 0.4) is 0 Å². The van der Waals surface area contributed by atoms with E-state index in [9.17, 15) is 24.3 Å². The molecule has 6 heterocycles. The highest BCUT2D eigenvalue weighted by Gasteiger charge is 2.44. The second-order valence-electron chi connectivity index (χ2n) is 20.2. The first kappa shape index (κ1) is 50.2. The number of nitrogens with one attached hydrogen (secondary N) is 2. The van der Waals surface area contributed by atoms with Gasteiger partial charge in [0.25, 0.3) is 11.5 Å². The number of nitrogens with zero attached hydrogens (tertiary/aromatic N) is 6. The number of amides is 3. The number of aliphatic hydroxyl groups excluding tert-OH is 1. The van der Waals surface area contributed by atoms with Crippen molar-refractivity contribution in [2.45, 2.75) is 109 Å². The lowest BCUT2D eigenvalue weighted by atomic mass is 9.83. The molecule has 15 nitrogen and oxygen atoms in total. The van der Waals surface area contributed by atoms with Gasteiger partial charge in [-0.25, -0.2) is 4.98 Å². The van der Waals surface area contributed by atoms with Crippen molar-refractivity contribution in [3.63, 3.8) is 0 Å². The first-order valence-electron chi connectivity index (χ1n) is 24.8. The Morgan fingerprint density at radius 2 is 1.79 bits per heavy atom. The zero-order chi connectivity index (χ0) is 50.1. The number of rotatable bonds is 17. The zero-order valence-corrected chi connectivity index (χ0v) is 42.8. The number of hydrogen-bond acceptors (Lipinski definition) is 12. The van der Waals surface area contributed by atoms with Gasteiger partial charge in [0.1, 0.15) is 29.2 Å². The molecule has 2 saturated heterocycles. The fraction of sp³-hybridized carbons (Fsp3) is 0.463. The van der Waals surface area contributed by atoms with Crippen LogP contribution in [0.4, 0.5) is 0 Å². The van der Waals surface area contributed by atoms with E-state index >= 15 is 0 Å². The highest BCUT2D eigenvalue weighted by molar-refractivity contribution is 7.13. The maximum absolute atomic E-state index is 13.8. The Balaban J connectivity index is 0.691. The first-order valence-corrected chi connectivity index (χ1v) is 26.1. The molecule has 374 valence electrons. The number of benzene rings is 3. The summed E-state index contributed by atoms with van der Waals surface area (Å²) in [6.07, 6.45) is 3.03. The fourth-order valence-corrected chi connectivity index (χ4v) is 11.6. The number of ether oxygens (including phenoxy) is 1. The van der Waals surface area contributed by atoms with E-state index in [-0.39, 0.29) is 48.2 Å². The van der Waals surface area contributed by atoms with Gasteiger partial charge >= 0.3 is 0 Å². The molecule has 0 saturated carbocycles. The molecule has 0 bridgehead atoms. The smallest absolute Gasteiger partial charge is 0.282 e. The van der Waals surface area contributed by atoms with Gasteiger partial charge < -0.3 is 34.8 Å². The number of aryl methyl sites for hydroxylation is 1. The van der Waals surface area contributed by atoms with Crippen LogP contribution in [0.25, 0.3) is 27.0 Å². The molecule has 3 amide bonds. The molecule has 0 aliphatic carbocycles.